The van der Waals surface area contributed by atoms with Gasteiger partial charge in [0.05, 0.1) is 0 Å². The number of aryl methyl sites for hydroxylation is 1. The van der Waals surface area contributed by atoms with Crippen molar-refractivity contribution in [1.82, 2.24) is 0 Å². The van der Waals surface area contributed by atoms with Crippen molar-refractivity contribution in [3.8, 4) is 0 Å². The van der Waals surface area contributed by atoms with E-state index in [-0.39, 0.29) is 0 Å². The molecule has 0 atom stereocenters. The number of fused-ring (bicyclic) bond motifs is 8. The molecule has 0 amide bonds. The monoisotopic (exact) mass is 280 g/mol. The van der Waals surface area contributed by atoms with Gasteiger partial charge in [-0.25, -0.2) is 0 Å². The molecule has 0 N–H and O–H groups in total. The number of allylic oxidation sites excluding steroid dienone is 1. The third-order valence-electron chi connectivity index (χ3n) is 4.91. The normalized spacial score (nSPS) is 13.8. The van der Waals surface area contributed by atoms with Crippen LogP contribution in [0.2, 0.25) is 0 Å². The standard InChI is InChI=1S/C22H16/c1-2-8-16-15(7-1)13-14-21-19-11-4-3-9-17(19)18-10-5-6-12-20(18)22(16)21/h1-5,7-11,13-14H,6,12H2. The minimum Gasteiger partial charge on any atom is -0.0836 e. The molecule has 0 saturated carbocycles. The fraction of sp³-hybridized carbons (Fsp3) is 0.0909. The van der Waals surface area contributed by atoms with Crippen molar-refractivity contribution >= 4 is 38.4 Å². The van der Waals surface area contributed by atoms with E-state index < -0.39 is 0 Å². The Morgan fingerprint density at radius 1 is 0.636 bits per heavy atom. The van der Waals surface area contributed by atoms with Crippen LogP contribution in [-0.2, 0) is 6.42 Å². The van der Waals surface area contributed by atoms with E-state index in [2.05, 4.69) is 72.8 Å². The summed E-state index contributed by atoms with van der Waals surface area (Å²) in [5, 5.41) is 8.32. The van der Waals surface area contributed by atoms with Crippen LogP contribution in [0.4, 0.5) is 0 Å². The van der Waals surface area contributed by atoms with Gasteiger partial charge in [-0.05, 0) is 56.3 Å². The van der Waals surface area contributed by atoms with Gasteiger partial charge in [0.1, 0.15) is 0 Å². The molecule has 0 bridgehead atoms. The molecule has 4 aromatic carbocycles. The fourth-order valence-electron chi connectivity index (χ4n) is 3.95. The summed E-state index contributed by atoms with van der Waals surface area (Å²) in [4.78, 5) is 0. The molecule has 0 nitrogen and oxygen atoms in total. The molecule has 0 heterocycles. The summed E-state index contributed by atoms with van der Waals surface area (Å²) < 4.78 is 0. The van der Waals surface area contributed by atoms with Crippen LogP contribution in [0.3, 0.4) is 0 Å². The Morgan fingerprint density at radius 3 is 2.32 bits per heavy atom. The van der Waals surface area contributed by atoms with Crippen molar-refractivity contribution in [2.45, 2.75) is 12.8 Å². The van der Waals surface area contributed by atoms with E-state index in [4.69, 9.17) is 0 Å². The van der Waals surface area contributed by atoms with E-state index in [1.54, 1.807) is 0 Å². The Hall–Kier alpha value is -2.60. The lowest BCUT2D eigenvalue weighted by molar-refractivity contribution is 1.00. The maximum atomic E-state index is 2.32. The molecule has 0 aliphatic heterocycles. The first kappa shape index (κ1) is 12.0. The molecule has 0 heteroatoms. The van der Waals surface area contributed by atoms with Gasteiger partial charge in [0.15, 0.2) is 0 Å². The average Bonchev–Trinajstić information content (AvgIpc) is 2.61. The number of hydrogen-bond acceptors (Lipinski definition) is 0. The molecule has 0 aromatic heterocycles. The molecule has 104 valence electrons. The van der Waals surface area contributed by atoms with Crippen molar-refractivity contribution in [1.29, 1.82) is 0 Å². The Kier molecular flexibility index (Phi) is 2.42. The summed E-state index contributed by atoms with van der Waals surface area (Å²) in [5.41, 5.74) is 2.94. The van der Waals surface area contributed by atoms with Gasteiger partial charge in [-0.3, -0.25) is 0 Å². The maximum Gasteiger partial charge on any atom is -0.00608 e. The van der Waals surface area contributed by atoms with Crippen LogP contribution < -0.4 is 0 Å². The molecule has 0 unspecified atom stereocenters. The van der Waals surface area contributed by atoms with Gasteiger partial charge in [-0.2, -0.15) is 0 Å². The first-order valence-corrected chi connectivity index (χ1v) is 7.95. The second-order valence-corrected chi connectivity index (χ2v) is 6.09. The van der Waals surface area contributed by atoms with Gasteiger partial charge in [0.2, 0.25) is 0 Å². The van der Waals surface area contributed by atoms with Gasteiger partial charge in [-0.1, -0.05) is 72.8 Å². The lowest BCUT2D eigenvalue weighted by atomic mass is 9.85. The minimum atomic E-state index is 1.14. The Labute approximate surface area is 129 Å². The summed E-state index contributed by atoms with van der Waals surface area (Å²) in [5.74, 6) is 0. The summed E-state index contributed by atoms with van der Waals surface area (Å²) in [6.07, 6.45) is 6.92. The maximum absolute atomic E-state index is 2.32. The summed E-state index contributed by atoms with van der Waals surface area (Å²) >= 11 is 0. The number of benzene rings is 4. The highest BCUT2D eigenvalue weighted by atomic mass is 14.2. The third kappa shape index (κ3) is 1.52. The molecule has 5 rings (SSSR count). The van der Waals surface area contributed by atoms with Crippen molar-refractivity contribution in [3.63, 3.8) is 0 Å². The zero-order chi connectivity index (χ0) is 14.5. The number of hydrogen-bond donors (Lipinski definition) is 0. The van der Waals surface area contributed by atoms with Crippen molar-refractivity contribution in [2.75, 3.05) is 0 Å². The second kappa shape index (κ2) is 4.45. The van der Waals surface area contributed by atoms with E-state index in [0.717, 1.165) is 12.8 Å². The van der Waals surface area contributed by atoms with Crippen molar-refractivity contribution < 1.29 is 0 Å². The Balaban J connectivity index is 2.15. The van der Waals surface area contributed by atoms with Crippen LogP contribution in [0, 0.1) is 0 Å². The molecule has 0 fully saturated rings. The van der Waals surface area contributed by atoms with Crippen LogP contribution in [-0.4, -0.2) is 0 Å². The lowest BCUT2D eigenvalue weighted by Crippen LogP contribution is -1.98. The zero-order valence-corrected chi connectivity index (χ0v) is 12.3. The van der Waals surface area contributed by atoms with Gasteiger partial charge in [0, 0.05) is 0 Å². The molecule has 1 aliphatic carbocycles. The topological polar surface area (TPSA) is 0 Å². The highest BCUT2D eigenvalue weighted by Crippen LogP contribution is 2.39. The van der Waals surface area contributed by atoms with E-state index in [9.17, 15) is 0 Å². The third-order valence-corrected chi connectivity index (χ3v) is 4.91. The molecule has 4 aromatic rings. The smallest absolute Gasteiger partial charge is 0.00608 e. The fourth-order valence-corrected chi connectivity index (χ4v) is 3.95. The van der Waals surface area contributed by atoms with E-state index in [1.165, 1.54) is 43.4 Å². The van der Waals surface area contributed by atoms with E-state index in [0.29, 0.717) is 0 Å². The van der Waals surface area contributed by atoms with Gasteiger partial charge < -0.3 is 0 Å². The molecule has 0 spiro atoms. The quantitative estimate of drug-likeness (QED) is 0.341. The average molecular weight is 280 g/mol. The molecule has 22 heavy (non-hydrogen) atoms. The Bertz CT molecular complexity index is 1070. The number of rotatable bonds is 0. The van der Waals surface area contributed by atoms with Gasteiger partial charge >= 0.3 is 0 Å². The van der Waals surface area contributed by atoms with E-state index >= 15 is 0 Å². The molecule has 1 aliphatic rings. The van der Waals surface area contributed by atoms with Gasteiger partial charge in [0.25, 0.3) is 0 Å². The lowest BCUT2D eigenvalue weighted by Gasteiger charge is -2.19. The first-order chi connectivity index (χ1) is 10.9. The molecule has 0 saturated heterocycles. The Morgan fingerprint density at radius 2 is 1.41 bits per heavy atom. The van der Waals surface area contributed by atoms with Crippen LogP contribution in [0.5, 0.6) is 0 Å². The van der Waals surface area contributed by atoms with Crippen molar-refractivity contribution in [2.24, 2.45) is 0 Å². The second-order valence-electron chi connectivity index (χ2n) is 6.09. The molecule has 0 radical (unpaired) electrons. The highest BCUT2D eigenvalue weighted by molar-refractivity contribution is 6.21. The first-order valence-electron chi connectivity index (χ1n) is 7.95. The highest BCUT2D eigenvalue weighted by Gasteiger charge is 2.16. The predicted molar refractivity (Wildman–Crippen MR) is 96.3 cm³/mol. The van der Waals surface area contributed by atoms with Crippen LogP contribution in [0.15, 0.2) is 66.7 Å². The SMILES string of the molecule is C1=Cc2c(c3c4ccccc4ccc3c3ccccc23)CC1. The van der Waals surface area contributed by atoms with Gasteiger partial charge in [-0.15, -0.1) is 0 Å². The van der Waals surface area contributed by atoms with Crippen molar-refractivity contribution in [3.05, 3.63) is 77.9 Å². The summed E-state index contributed by atoms with van der Waals surface area (Å²) in [6, 6.07) is 22.2. The molecular formula is C22H16. The van der Waals surface area contributed by atoms with Crippen LogP contribution in [0.1, 0.15) is 17.5 Å². The van der Waals surface area contributed by atoms with E-state index in [1.807, 2.05) is 0 Å². The predicted octanol–water partition coefficient (Wildman–Crippen LogP) is 6.11. The largest absolute Gasteiger partial charge is 0.0836 e. The van der Waals surface area contributed by atoms with Crippen LogP contribution in [0.25, 0.3) is 38.4 Å². The molecular weight excluding hydrogens is 264 g/mol. The summed E-state index contributed by atoms with van der Waals surface area (Å²) in [6.45, 7) is 0. The minimum absolute atomic E-state index is 1.14. The zero-order valence-electron chi connectivity index (χ0n) is 12.3. The van der Waals surface area contributed by atoms with Crippen LogP contribution >= 0.6 is 0 Å². The summed E-state index contributed by atoms with van der Waals surface area (Å²) in [7, 11) is 0.